The Bertz CT molecular complexity index is 335. The summed E-state index contributed by atoms with van der Waals surface area (Å²) < 4.78 is 0. The van der Waals surface area contributed by atoms with E-state index < -0.39 is 5.60 Å². The first-order valence-corrected chi connectivity index (χ1v) is 5.23. The van der Waals surface area contributed by atoms with Crippen LogP contribution in [-0.2, 0) is 5.41 Å². The summed E-state index contributed by atoms with van der Waals surface area (Å²) >= 11 is 0. The lowest BCUT2D eigenvalue weighted by Gasteiger charge is -2.32. The van der Waals surface area contributed by atoms with Crippen molar-refractivity contribution in [2.45, 2.75) is 45.1 Å². The van der Waals surface area contributed by atoms with Gasteiger partial charge in [0.1, 0.15) is 5.75 Å². The topological polar surface area (TPSA) is 40.5 Å². The molecule has 2 N–H and O–H groups in total. The highest BCUT2D eigenvalue weighted by atomic mass is 16.3. The van der Waals surface area contributed by atoms with Gasteiger partial charge in [0, 0.05) is 0 Å². The van der Waals surface area contributed by atoms with Gasteiger partial charge in [0.25, 0.3) is 0 Å². The van der Waals surface area contributed by atoms with Crippen LogP contribution >= 0.6 is 0 Å². The number of aromatic hydroxyl groups is 1. The Morgan fingerprint density at radius 3 is 2.07 bits per heavy atom. The van der Waals surface area contributed by atoms with Gasteiger partial charge in [-0.05, 0) is 37.3 Å². The molecule has 0 amide bonds. The third-order valence-electron chi connectivity index (χ3n) is 2.51. The number of hydrogen-bond acceptors (Lipinski definition) is 2. The highest BCUT2D eigenvalue weighted by Gasteiger charge is 2.30. The van der Waals surface area contributed by atoms with Crippen LogP contribution in [0.5, 0.6) is 5.75 Å². The van der Waals surface area contributed by atoms with Crippen LogP contribution in [0.3, 0.4) is 0 Å². The maximum Gasteiger partial charge on any atom is 0.119 e. The largest absolute Gasteiger partial charge is 0.508 e. The normalized spacial score (nSPS) is 12.9. The number of phenols is 1. The predicted octanol–water partition coefficient (Wildman–Crippen LogP) is 2.83. The van der Waals surface area contributed by atoms with Crippen LogP contribution in [0.2, 0.25) is 0 Å². The van der Waals surface area contributed by atoms with Crippen molar-refractivity contribution in [3.63, 3.8) is 0 Å². The predicted molar refractivity (Wildman–Crippen MR) is 62.0 cm³/mol. The van der Waals surface area contributed by atoms with E-state index in [1.807, 2.05) is 26.0 Å². The molecule has 0 spiro atoms. The summed E-state index contributed by atoms with van der Waals surface area (Å²) in [5, 5.41) is 19.6. The van der Waals surface area contributed by atoms with Crippen LogP contribution in [-0.4, -0.2) is 15.8 Å². The molecule has 0 aliphatic carbocycles. The summed E-state index contributed by atoms with van der Waals surface area (Å²) in [6.45, 7) is 7.63. The zero-order valence-corrected chi connectivity index (χ0v) is 9.91. The maximum absolute atomic E-state index is 9.82. The zero-order chi connectivity index (χ0) is 11.7. The van der Waals surface area contributed by atoms with E-state index in [0.717, 1.165) is 5.56 Å². The summed E-state index contributed by atoms with van der Waals surface area (Å²) in [5.41, 5.74) is -0.0813. The lowest BCUT2D eigenvalue weighted by Crippen LogP contribution is -2.31. The first-order chi connectivity index (χ1) is 6.72. The lowest BCUT2D eigenvalue weighted by molar-refractivity contribution is 0.0497. The molecule has 0 radical (unpaired) electrons. The standard InChI is InChI=1S/C13H20O2/c1-12(2,9-13(3,4)15)10-7-5-6-8-11(10)14/h5-8,14-15H,9H2,1-4H3. The molecule has 0 unspecified atom stereocenters. The number of phenolic OH excluding ortho intramolecular Hbond substituents is 1. The summed E-state index contributed by atoms with van der Waals surface area (Å²) in [5.74, 6) is 0.298. The Labute approximate surface area is 91.6 Å². The van der Waals surface area contributed by atoms with Crippen molar-refractivity contribution in [2.24, 2.45) is 0 Å². The smallest absolute Gasteiger partial charge is 0.119 e. The molecular weight excluding hydrogens is 188 g/mol. The fourth-order valence-electron chi connectivity index (χ4n) is 2.22. The van der Waals surface area contributed by atoms with Gasteiger partial charge >= 0.3 is 0 Å². The second-order valence-corrected chi connectivity index (χ2v) is 5.39. The minimum atomic E-state index is -0.730. The fourth-order valence-corrected chi connectivity index (χ4v) is 2.22. The molecule has 15 heavy (non-hydrogen) atoms. The van der Waals surface area contributed by atoms with Gasteiger partial charge in [-0.2, -0.15) is 0 Å². The minimum absolute atomic E-state index is 0.233. The Balaban J connectivity index is 3.01. The third-order valence-corrected chi connectivity index (χ3v) is 2.51. The van der Waals surface area contributed by atoms with Crippen LogP contribution in [0.15, 0.2) is 24.3 Å². The van der Waals surface area contributed by atoms with Crippen molar-refractivity contribution < 1.29 is 10.2 Å². The van der Waals surface area contributed by atoms with Gasteiger partial charge < -0.3 is 10.2 Å². The van der Waals surface area contributed by atoms with E-state index in [0.29, 0.717) is 12.2 Å². The molecule has 0 fully saturated rings. The van der Waals surface area contributed by atoms with Crippen molar-refractivity contribution in [3.05, 3.63) is 29.8 Å². The van der Waals surface area contributed by atoms with Crippen LogP contribution in [0.4, 0.5) is 0 Å². The fraction of sp³-hybridized carbons (Fsp3) is 0.538. The van der Waals surface area contributed by atoms with Crippen molar-refractivity contribution in [1.82, 2.24) is 0 Å². The highest BCUT2D eigenvalue weighted by molar-refractivity contribution is 5.37. The van der Waals surface area contributed by atoms with Crippen molar-refractivity contribution in [2.75, 3.05) is 0 Å². The van der Waals surface area contributed by atoms with E-state index in [-0.39, 0.29) is 5.41 Å². The lowest BCUT2D eigenvalue weighted by atomic mass is 9.76. The Kier molecular flexibility index (Phi) is 3.10. The van der Waals surface area contributed by atoms with Gasteiger partial charge in [0.05, 0.1) is 5.60 Å². The van der Waals surface area contributed by atoms with E-state index >= 15 is 0 Å². The summed E-state index contributed by atoms with van der Waals surface area (Å²) in [6, 6.07) is 7.29. The Morgan fingerprint density at radius 2 is 1.60 bits per heavy atom. The second-order valence-electron chi connectivity index (χ2n) is 5.39. The van der Waals surface area contributed by atoms with Crippen LogP contribution in [0, 0.1) is 0 Å². The quantitative estimate of drug-likeness (QED) is 0.802. The Morgan fingerprint density at radius 1 is 1.07 bits per heavy atom. The van der Waals surface area contributed by atoms with Crippen LogP contribution in [0.25, 0.3) is 0 Å². The van der Waals surface area contributed by atoms with Gasteiger partial charge in [-0.25, -0.2) is 0 Å². The molecule has 0 saturated carbocycles. The second kappa shape index (κ2) is 3.86. The average molecular weight is 208 g/mol. The molecule has 1 aromatic rings. The van der Waals surface area contributed by atoms with Gasteiger partial charge in [-0.3, -0.25) is 0 Å². The SMILES string of the molecule is CC(C)(O)CC(C)(C)c1ccccc1O. The number of para-hydroxylation sites is 1. The van der Waals surface area contributed by atoms with E-state index in [9.17, 15) is 10.2 Å². The minimum Gasteiger partial charge on any atom is -0.508 e. The molecule has 1 aromatic carbocycles. The number of aliphatic hydroxyl groups is 1. The Hall–Kier alpha value is -1.02. The van der Waals surface area contributed by atoms with E-state index in [4.69, 9.17) is 0 Å². The molecule has 2 heteroatoms. The molecule has 0 aromatic heterocycles. The molecule has 84 valence electrons. The molecule has 0 aliphatic rings. The monoisotopic (exact) mass is 208 g/mol. The molecule has 0 aliphatic heterocycles. The van der Waals surface area contributed by atoms with Crippen LogP contribution < -0.4 is 0 Å². The molecule has 2 nitrogen and oxygen atoms in total. The molecule has 0 saturated heterocycles. The number of hydrogen-bond donors (Lipinski definition) is 2. The third kappa shape index (κ3) is 3.24. The molecule has 0 atom stereocenters. The number of benzene rings is 1. The van der Waals surface area contributed by atoms with E-state index in [1.54, 1.807) is 26.0 Å². The first-order valence-electron chi connectivity index (χ1n) is 5.23. The molecular formula is C13H20O2. The summed E-state index contributed by atoms with van der Waals surface area (Å²) in [6.07, 6.45) is 0.609. The summed E-state index contributed by atoms with van der Waals surface area (Å²) in [7, 11) is 0. The maximum atomic E-state index is 9.82. The average Bonchev–Trinajstić information content (AvgIpc) is 1.99. The van der Waals surface area contributed by atoms with Crippen molar-refractivity contribution >= 4 is 0 Å². The van der Waals surface area contributed by atoms with Crippen molar-refractivity contribution in [1.29, 1.82) is 0 Å². The molecule has 0 heterocycles. The molecule has 0 bridgehead atoms. The first kappa shape index (κ1) is 12.1. The molecule has 1 rings (SSSR count). The van der Waals surface area contributed by atoms with Gasteiger partial charge in [0.15, 0.2) is 0 Å². The highest BCUT2D eigenvalue weighted by Crippen LogP contribution is 2.36. The van der Waals surface area contributed by atoms with Gasteiger partial charge in [-0.15, -0.1) is 0 Å². The van der Waals surface area contributed by atoms with Crippen molar-refractivity contribution in [3.8, 4) is 5.75 Å². The van der Waals surface area contributed by atoms with E-state index in [1.165, 1.54) is 0 Å². The van der Waals surface area contributed by atoms with E-state index in [2.05, 4.69) is 0 Å². The van der Waals surface area contributed by atoms with Gasteiger partial charge in [0.2, 0.25) is 0 Å². The van der Waals surface area contributed by atoms with Crippen LogP contribution in [0.1, 0.15) is 39.7 Å². The zero-order valence-electron chi connectivity index (χ0n) is 9.91. The summed E-state index contributed by atoms with van der Waals surface area (Å²) in [4.78, 5) is 0. The van der Waals surface area contributed by atoms with Gasteiger partial charge in [-0.1, -0.05) is 32.0 Å². The number of rotatable bonds is 3.